The van der Waals surface area contributed by atoms with E-state index in [-0.39, 0.29) is 16.8 Å². The molecule has 2 aromatic rings. The number of thiocarbonyl (C=S) groups is 1. The van der Waals surface area contributed by atoms with Crippen molar-refractivity contribution < 1.29 is 9.90 Å². The summed E-state index contributed by atoms with van der Waals surface area (Å²) in [7, 11) is 0. The summed E-state index contributed by atoms with van der Waals surface area (Å²) in [6.45, 7) is 4.01. The Labute approximate surface area is 134 Å². The fourth-order valence-electron chi connectivity index (χ4n) is 1.87. The van der Waals surface area contributed by atoms with Crippen LogP contribution < -0.4 is 16.2 Å². The summed E-state index contributed by atoms with van der Waals surface area (Å²) in [4.78, 5) is 11.9. The number of carbonyl (C=O) groups excluding carboxylic acids is 1. The Morgan fingerprint density at radius 1 is 1.09 bits per heavy atom. The molecule has 0 unspecified atom stereocenters. The minimum Gasteiger partial charge on any atom is -0.508 e. The second-order valence-electron chi connectivity index (χ2n) is 4.83. The third-order valence-electron chi connectivity index (χ3n) is 3.25. The second kappa shape index (κ2) is 6.91. The minimum atomic E-state index is -0.388. The Morgan fingerprint density at radius 3 is 2.55 bits per heavy atom. The minimum absolute atomic E-state index is 0.0312. The molecule has 5 nitrogen and oxygen atoms in total. The van der Waals surface area contributed by atoms with Gasteiger partial charge in [-0.1, -0.05) is 18.2 Å². The molecule has 0 heterocycles. The van der Waals surface area contributed by atoms with E-state index in [1.807, 2.05) is 32.0 Å². The van der Waals surface area contributed by atoms with E-state index in [9.17, 15) is 9.90 Å². The number of hydrazine groups is 1. The third-order valence-corrected chi connectivity index (χ3v) is 3.45. The maximum absolute atomic E-state index is 11.9. The molecule has 6 heteroatoms. The van der Waals surface area contributed by atoms with Crippen LogP contribution in [0, 0.1) is 13.8 Å². The van der Waals surface area contributed by atoms with Crippen LogP contribution in [-0.2, 0) is 0 Å². The van der Waals surface area contributed by atoms with Gasteiger partial charge in [-0.3, -0.25) is 15.6 Å². The number of aromatic hydroxyl groups is 1. The maximum Gasteiger partial charge on any atom is 0.269 e. The van der Waals surface area contributed by atoms with Crippen LogP contribution in [0.3, 0.4) is 0 Å². The van der Waals surface area contributed by atoms with Gasteiger partial charge in [-0.05, 0) is 61.5 Å². The van der Waals surface area contributed by atoms with Crippen molar-refractivity contribution in [3.8, 4) is 5.75 Å². The first-order chi connectivity index (χ1) is 10.5. The van der Waals surface area contributed by atoms with E-state index in [0.717, 1.165) is 16.8 Å². The van der Waals surface area contributed by atoms with Gasteiger partial charge >= 0.3 is 0 Å². The number of phenolic OH excluding ortho intramolecular Hbond substituents is 1. The Hall–Kier alpha value is -2.60. The molecular weight excluding hydrogens is 298 g/mol. The van der Waals surface area contributed by atoms with Crippen molar-refractivity contribution >= 4 is 28.9 Å². The molecule has 0 spiro atoms. The lowest BCUT2D eigenvalue weighted by Crippen LogP contribution is -2.43. The Balaban J connectivity index is 1.93. The number of hydrogen-bond acceptors (Lipinski definition) is 3. The smallest absolute Gasteiger partial charge is 0.269 e. The van der Waals surface area contributed by atoms with Gasteiger partial charge in [-0.15, -0.1) is 0 Å². The van der Waals surface area contributed by atoms with Crippen LogP contribution in [0.2, 0.25) is 0 Å². The van der Waals surface area contributed by atoms with Crippen molar-refractivity contribution in [1.82, 2.24) is 10.9 Å². The van der Waals surface area contributed by atoms with Crippen LogP contribution in [-0.4, -0.2) is 16.1 Å². The van der Waals surface area contributed by atoms with Crippen molar-refractivity contribution in [2.45, 2.75) is 13.8 Å². The van der Waals surface area contributed by atoms with Gasteiger partial charge in [-0.2, -0.15) is 0 Å². The van der Waals surface area contributed by atoms with Gasteiger partial charge in [0.25, 0.3) is 5.91 Å². The van der Waals surface area contributed by atoms with Gasteiger partial charge < -0.3 is 10.4 Å². The zero-order valence-corrected chi connectivity index (χ0v) is 13.1. The van der Waals surface area contributed by atoms with E-state index in [1.165, 1.54) is 12.1 Å². The maximum atomic E-state index is 11.9. The summed E-state index contributed by atoms with van der Waals surface area (Å²) in [6.07, 6.45) is 0. The molecule has 0 bridgehead atoms. The molecule has 0 radical (unpaired) electrons. The zero-order valence-electron chi connectivity index (χ0n) is 12.3. The number of hydrogen-bond donors (Lipinski definition) is 4. The number of carbonyl (C=O) groups is 1. The van der Waals surface area contributed by atoms with Gasteiger partial charge in [0, 0.05) is 11.3 Å². The number of anilines is 1. The molecule has 2 rings (SSSR count). The summed E-state index contributed by atoms with van der Waals surface area (Å²) in [5.41, 5.74) is 8.56. The van der Waals surface area contributed by atoms with Crippen molar-refractivity contribution in [3.63, 3.8) is 0 Å². The summed E-state index contributed by atoms with van der Waals surface area (Å²) in [5.74, 6) is -0.357. The molecule has 4 N–H and O–H groups in total. The van der Waals surface area contributed by atoms with Crippen molar-refractivity contribution in [1.29, 1.82) is 0 Å². The molecule has 2 aromatic carbocycles. The first kappa shape index (κ1) is 15.8. The molecule has 22 heavy (non-hydrogen) atoms. The molecule has 0 aliphatic rings. The fourth-order valence-corrected chi connectivity index (χ4v) is 2.03. The highest BCUT2D eigenvalue weighted by molar-refractivity contribution is 7.80. The summed E-state index contributed by atoms with van der Waals surface area (Å²) in [5, 5.41) is 12.7. The van der Waals surface area contributed by atoms with Crippen LogP contribution in [0.1, 0.15) is 21.5 Å². The first-order valence-electron chi connectivity index (χ1n) is 6.70. The Bertz CT molecular complexity index is 716. The van der Waals surface area contributed by atoms with E-state index < -0.39 is 0 Å². The Kier molecular flexibility index (Phi) is 4.95. The zero-order chi connectivity index (χ0) is 16.1. The SMILES string of the molecule is Cc1cccc(NC(=S)NNC(=O)c2cccc(O)c2)c1C. The lowest BCUT2D eigenvalue weighted by molar-refractivity contribution is 0.0944. The monoisotopic (exact) mass is 315 g/mol. The van der Waals surface area contributed by atoms with Crippen molar-refractivity contribution in [2.24, 2.45) is 0 Å². The molecule has 0 aromatic heterocycles. The topological polar surface area (TPSA) is 73.4 Å². The van der Waals surface area contributed by atoms with Gasteiger partial charge in [0.05, 0.1) is 0 Å². The van der Waals surface area contributed by atoms with E-state index in [0.29, 0.717) is 5.56 Å². The summed E-state index contributed by atoms with van der Waals surface area (Å²) in [6, 6.07) is 11.9. The number of benzene rings is 2. The van der Waals surface area contributed by atoms with Crippen LogP contribution in [0.5, 0.6) is 5.75 Å². The van der Waals surface area contributed by atoms with Crippen LogP contribution in [0.25, 0.3) is 0 Å². The predicted octanol–water partition coefficient (Wildman–Crippen LogP) is 2.64. The van der Waals surface area contributed by atoms with E-state index in [4.69, 9.17) is 12.2 Å². The molecule has 0 aliphatic heterocycles. The molecule has 0 saturated carbocycles. The number of aryl methyl sites for hydroxylation is 1. The predicted molar refractivity (Wildman–Crippen MR) is 90.8 cm³/mol. The standard InChI is InChI=1S/C16H17N3O2S/c1-10-5-3-8-14(11(10)2)17-16(22)19-18-15(21)12-6-4-7-13(20)9-12/h3-9,20H,1-2H3,(H,18,21)(H2,17,19,22). The highest BCUT2D eigenvalue weighted by atomic mass is 32.1. The number of nitrogens with one attached hydrogen (secondary N) is 3. The van der Waals surface area contributed by atoms with Crippen molar-refractivity contribution in [3.05, 3.63) is 59.2 Å². The quantitative estimate of drug-likeness (QED) is 0.506. The van der Waals surface area contributed by atoms with E-state index in [2.05, 4.69) is 16.2 Å². The molecule has 1 amide bonds. The second-order valence-corrected chi connectivity index (χ2v) is 5.24. The van der Waals surface area contributed by atoms with E-state index in [1.54, 1.807) is 12.1 Å². The largest absolute Gasteiger partial charge is 0.508 e. The lowest BCUT2D eigenvalue weighted by atomic mass is 10.1. The normalized spacial score (nSPS) is 9.91. The van der Waals surface area contributed by atoms with Gasteiger partial charge in [0.1, 0.15) is 5.75 Å². The van der Waals surface area contributed by atoms with Gasteiger partial charge in [0.15, 0.2) is 5.11 Å². The highest BCUT2D eigenvalue weighted by Crippen LogP contribution is 2.17. The molecule has 0 fully saturated rings. The summed E-state index contributed by atoms with van der Waals surface area (Å²) >= 11 is 5.15. The van der Waals surface area contributed by atoms with Crippen molar-refractivity contribution in [2.75, 3.05) is 5.32 Å². The number of phenols is 1. The lowest BCUT2D eigenvalue weighted by Gasteiger charge is -2.14. The molecule has 0 atom stereocenters. The average molecular weight is 315 g/mol. The molecule has 0 aliphatic carbocycles. The van der Waals surface area contributed by atoms with Crippen LogP contribution >= 0.6 is 12.2 Å². The van der Waals surface area contributed by atoms with E-state index >= 15 is 0 Å². The van der Waals surface area contributed by atoms with Crippen LogP contribution in [0.4, 0.5) is 5.69 Å². The average Bonchev–Trinajstić information content (AvgIpc) is 2.49. The first-order valence-corrected chi connectivity index (χ1v) is 7.11. The molecule has 114 valence electrons. The molecular formula is C16H17N3O2S. The van der Waals surface area contributed by atoms with Gasteiger partial charge in [-0.25, -0.2) is 0 Å². The Morgan fingerprint density at radius 2 is 1.82 bits per heavy atom. The number of amides is 1. The van der Waals surface area contributed by atoms with Gasteiger partial charge in [0.2, 0.25) is 0 Å². The highest BCUT2D eigenvalue weighted by Gasteiger charge is 2.07. The fraction of sp³-hybridized carbons (Fsp3) is 0.125. The third kappa shape index (κ3) is 3.95. The summed E-state index contributed by atoms with van der Waals surface area (Å²) < 4.78 is 0. The number of rotatable bonds is 2. The van der Waals surface area contributed by atoms with Crippen LogP contribution in [0.15, 0.2) is 42.5 Å². The molecule has 0 saturated heterocycles.